The fraction of sp³-hybridized carbons (Fsp3) is 0.667. The first-order valence-corrected chi connectivity index (χ1v) is 6.83. The number of aryl methyl sites for hydroxylation is 1. The minimum Gasteiger partial charge on any atom is -0.496 e. The maximum atomic E-state index is 5.48. The van der Waals surface area contributed by atoms with E-state index in [4.69, 9.17) is 4.74 Å². The summed E-state index contributed by atoms with van der Waals surface area (Å²) in [6, 6.07) is 0.651. The average molecular weight is 248 g/mol. The van der Waals surface area contributed by atoms with E-state index in [1.165, 1.54) is 30.5 Å². The van der Waals surface area contributed by atoms with Crippen LogP contribution in [0.4, 0.5) is 0 Å². The highest BCUT2D eigenvalue weighted by Crippen LogP contribution is 2.31. The van der Waals surface area contributed by atoms with Crippen LogP contribution in [-0.4, -0.2) is 25.2 Å². The molecule has 1 N–H and O–H groups in total. The van der Waals surface area contributed by atoms with Crippen LogP contribution in [0.3, 0.4) is 0 Å². The molecule has 0 spiro atoms. The van der Waals surface area contributed by atoms with E-state index in [2.05, 4.69) is 31.2 Å². The van der Waals surface area contributed by atoms with Gasteiger partial charge in [-0.25, -0.2) is 0 Å². The summed E-state index contributed by atoms with van der Waals surface area (Å²) in [6.07, 6.45) is 6.93. The molecule has 2 unspecified atom stereocenters. The Morgan fingerprint density at radius 2 is 2.17 bits per heavy atom. The Kier molecular flexibility index (Phi) is 4.23. The van der Waals surface area contributed by atoms with Gasteiger partial charge in [0.05, 0.1) is 7.11 Å². The number of nitrogens with zero attached hydrogens (tertiary/aromatic N) is 1. The Morgan fingerprint density at radius 3 is 2.83 bits per heavy atom. The molecule has 3 nitrogen and oxygen atoms in total. The van der Waals surface area contributed by atoms with Crippen LogP contribution in [-0.2, 0) is 6.42 Å². The van der Waals surface area contributed by atoms with E-state index in [1.54, 1.807) is 7.11 Å². The molecular formula is C15H24N2O. The number of nitrogens with one attached hydrogen (secondary N) is 1. The number of hydrogen-bond donors (Lipinski definition) is 1. The van der Waals surface area contributed by atoms with Crippen molar-refractivity contribution in [3.63, 3.8) is 0 Å². The minimum absolute atomic E-state index is 0.651. The monoisotopic (exact) mass is 248 g/mol. The lowest BCUT2D eigenvalue weighted by Crippen LogP contribution is -2.30. The van der Waals surface area contributed by atoms with Crippen LogP contribution >= 0.6 is 0 Å². The molecule has 1 saturated carbocycles. The van der Waals surface area contributed by atoms with Gasteiger partial charge in [0.2, 0.25) is 0 Å². The quantitative estimate of drug-likeness (QED) is 0.889. The van der Waals surface area contributed by atoms with E-state index in [9.17, 15) is 0 Å². The zero-order valence-corrected chi connectivity index (χ0v) is 11.9. The molecule has 18 heavy (non-hydrogen) atoms. The highest BCUT2D eigenvalue weighted by molar-refractivity contribution is 5.41. The van der Waals surface area contributed by atoms with Gasteiger partial charge in [0.25, 0.3) is 0 Å². The van der Waals surface area contributed by atoms with Crippen LogP contribution < -0.4 is 10.1 Å². The third kappa shape index (κ3) is 2.51. The molecule has 1 heterocycles. The van der Waals surface area contributed by atoms with Gasteiger partial charge < -0.3 is 10.1 Å². The van der Waals surface area contributed by atoms with Crippen molar-refractivity contribution in [1.82, 2.24) is 10.3 Å². The Hall–Kier alpha value is -1.09. The molecule has 0 saturated heterocycles. The molecular weight excluding hydrogens is 224 g/mol. The summed E-state index contributed by atoms with van der Waals surface area (Å²) in [5.41, 5.74) is 3.53. The third-order valence-electron chi connectivity index (χ3n) is 4.24. The predicted octanol–water partition coefficient (Wildman–Crippen LogP) is 2.64. The van der Waals surface area contributed by atoms with Crippen LogP contribution in [0.1, 0.15) is 36.1 Å². The van der Waals surface area contributed by atoms with Crippen LogP contribution in [0.5, 0.6) is 5.75 Å². The number of pyridine rings is 1. The number of hydrogen-bond acceptors (Lipinski definition) is 3. The lowest BCUT2D eigenvalue weighted by Gasteiger charge is -2.20. The van der Waals surface area contributed by atoms with Crippen molar-refractivity contribution in [1.29, 1.82) is 0 Å². The fourth-order valence-electron chi connectivity index (χ4n) is 3.19. The average Bonchev–Trinajstić information content (AvgIpc) is 2.81. The molecule has 1 aromatic heterocycles. The van der Waals surface area contributed by atoms with Gasteiger partial charge >= 0.3 is 0 Å². The van der Waals surface area contributed by atoms with Crippen molar-refractivity contribution in [3.05, 3.63) is 23.0 Å². The molecule has 1 fully saturated rings. The Labute approximate surface area is 110 Å². The zero-order chi connectivity index (χ0) is 13.1. The molecule has 0 bridgehead atoms. The van der Waals surface area contributed by atoms with E-state index in [1.807, 2.05) is 6.20 Å². The Bertz CT molecular complexity index is 417. The van der Waals surface area contributed by atoms with Gasteiger partial charge in [-0.1, -0.05) is 6.42 Å². The standard InChI is InChI=1S/C15H24N2O/c1-10-9-17-14(11(2)15(10)18-4)8-12-6-5-7-13(12)16-3/h9,12-13,16H,5-8H2,1-4H3. The van der Waals surface area contributed by atoms with Gasteiger partial charge in [-0.15, -0.1) is 0 Å². The molecule has 2 atom stereocenters. The molecule has 1 aliphatic rings. The van der Waals surface area contributed by atoms with Crippen molar-refractivity contribution in [2.45, 2.75) is 45.6 Å². The summed E-state index contributed by atoms with van der Waals surface area (Å²) in [5.74, 6) is 1.72. The molecule has 1 aliphatic carbocycles. The summed E-state index contributed by atoms with van der Waals surface area (Å²) in [6.45, 7) is 4.17. The normalized spacial score (nSPS) is 23.3. The maximum Gasteiger partial charge on any atom is 0.128 e. The maximum absolute atomic E-state index is 5.48. The van der Waals surface area contributed by atoms with Crippen LogP contribution in [0.15, 0.2) is 6.20 Å². The van der Waals surface area contributed by atoms with Gasteiger partial charge in [0.15, 0.2) is 0 Å². The smallest absolute Gasteiger partial charge is 0.128 e. The second-order valence-corrected chi connectivity index (χ2v) is 5.34. The molecule has 0 amide bonds. The lowest BCUT2D eigenvalue weighted by atomic mass is 9.95. The largest absolute Gasteiger partial charge is 0.496 e. The second kappa shape index (κ2) is 5.70. The summed E-state index contributed by atoms with van der Waals surface area (Å²) >= 11 is 0. The number of rotatable bonds is 4. The fourth-order valence-corrected chi connectivity index (χ4v) is 3.19. The van der Waals surface area contributed by atoms with Crippen molar-refractivity contribution in [2.75, 3.05) is 14.2 Å². The highest BCUT2D eigenvalue weighted by Gasteiger charge is 2.27. The van der Waals surface area contributed by atoms with Gasteiger partial charge in [-0.05, 0) is 46.1 Å². The SMILES string of the molecule is CNC1CCCC1Cc1ncc(C)c(OC)c1C. The summed E-state index contributed by atoms with van der Waals surface area (Å²) in [4.78, 5) is 4.61. The highest BCUT2D eigenvalue weighted by atomic mass is 16.5. The molecule has 2 rings (SSSR count). The summed E-state index contributed by atoms with van der Waals surface area (Å²) in [5, 5.41) is 3.43. The predicted molar refractivity (Wildman–Crippen MR) is 74.2 cm³/mol. The minimum atomic E-state index is 0.651. The summed E-state index contributed by atoms with van der Waals surface area (Å²) < 4.78 is 5.48. The first-order valence-electron chi connectivity index (χ1n) is 6.83. The van der Waals surface area contributed by atoms with Crippen molar-refractivity contribution in [2.24, 2.45) is 5.92 Å². The number of methoxy groups -OCH3 is 1. The van der Waals surface area contributed by atoms with Crippen LogP contribution in [0.2, 0.25) is 0 Å². The molecule has 0 radical (unpaired) electrons. The first kappa shape index (κ1) is 13.3. The van der Waals surface area contributed by atoms with E-state index >= 15 is 0 Å². The molecule has 0 aromatic carbocycles. The first-order chi connectivity index (χ1) is 8.67. The van der Waals surface area contributed by atoms with Crippen molar-refractivity contribution >= 4 is 0 Å². The topological polar surface area (TPSA) is 34.2 Å². The molecule has 0 aliphatic heterocycles. The van der Waals surface area contributed by atoms with Gasteiger partial charge in [-0.3, -0.25) is 4.98 Å². The van der Waals surface area contributed by atoms with E-state index in [0.29, 0.717) is 12.0 Å². The van der Waals surface area contributed by atoms with Crippen molar-refractivity contribution in [3.8, 4) is 5.75 Å². The molecule has 100 valence electrons. The number of ether oxygens (including phenoxy) is 1. The van der Waals surface area contributed by atoms with E-state index in [-0.39, 0.29) is 0 Å². The van der Waals surface area contributed by atoms with Crippen molar-refractivity contribution < 1.29 is 4.74 Å². The Morgan fingerprint density at radius 1 is 1.39 bits per heavy atom. The molecule has 3 heteroatoms. The van der Waals surface area contributed by atoms with Gasteiger partial charge in [0, 0.05) is 29.1 Å². The third-order valence-corrected chi connectivity index (χ3v) is 4.24. The van der Waals surface area contributed by atoms with Crippen LogP contribution in [0.25, 0.3) is 0 Å². The second-order valence-electron chi connectivity index (χ2n) is 5.34. The van der Waals surface area contributed by atoms with E-state index in [0.717, 1.165) is 17.7 Å². The number of aromatic nitrogens is 1. The zero-order valence-electron chi connectivity index (χ0n) is 11.9. The molecule has 1 aromatic rings. The van der Waals surface area contributed by atoms with Crippen LogP contribution in [0, 0.1) is 19.8 Å². The van der Waals surface area contributed by atoms with Gasteiger partial charge in [0.1, 0.15) is 5.75 Å². The van der Waals surface area contributed by atoms with E-state index < -0.39 is 0 Å². The Balaban J connectivity index is 2.19. The summed E-state index contributed by atoms with van der Waals surface area (Å²) in [7, 11) is 3.81. The van der Waals surface area contributed by atoms with Gasteiger partial charge in [-0.2, -0.15) is 0 Å². The lowest BCUT2D eigenvalue weighted by molar-refractivity contribution is 0.400.